The Kier molecular flexibility index (Phi) is 3.09. The lowest BCUT2D eigenvalue weighted by Crippen LogP contribution is -2.11. The molecule has 0 spiro atoms. The molecule has 1 aromatic carbocycles. The number of rotatable bonds is 3. The van der Waals surface area contributed by atoms with Crippen molar-refractivity contribution < 1.29 is 12.6 Å². The predicted molar refractivity (Wildman–Crippen MR) is 74.5 cm³/mol. The molecule has 2 aromatic heterocycles. The van der Waals surface area contributed by atoms with Gasteiger partial charge in [-0.05, 0) is 26.0 Å². The molecular formula is C13H12N4O3S. The minimum atomic E-state index is -3.92. The van der Waals surface area contributed by atoms with E-state index in [1.807, 2.05) is 6.92 Å². The molecule has 0 aliphatic rings. The Morgan fingerprint density at radius 3 is 2.57 bits per heavy atom. The van der Waals surface area contributed by atoms with Crippen molar-refractivity contribution in [1.29, 1.82) is 0 Å². The third kappa shape index (κ3) is 2.57. The Balaban J connectivity index is 1.98. The molecule has 7 nitrogen and oxygen atoms in total. The molecule has 0 aliphatic heterocycles. The average Bonchev–Trinajstić information content (AvgIpc) is 2.87. The van der Waals surface area contributed by atoms with Gasteiger partial charge in [0.15, 0.2) is 0 Å². The van der Waals surface area contributed by atoms with Crippen molar-refractivity contribution in [2.45, 2.75) is 18.7 Å². The first-order valence-corrected chi connectivity index (χ1v) is 7.55. The summed E-state index contributed by atoms with van der Waals surface area (Å²) >= 11 is 0. The van der Waals surface area contributed by atoms with Crippen molar-refractivity contribution in [2.75, 3.05) is 0 Å². The number of aromatic nitrogens is 4. The monoisotopic (exact) mass is 304 g/mol. The van der Waals surface area contributed by atoms with Crippen LogP contribution in [0.15, 0.2) is 41.6 Å². The molecule has 0 atom stereocenters. The number of aryl methyl sites for hydroxylation is 2. The van der Waals surface area contributed by atoms with E-state index < -0.39 is 10.1 Å². The molecule has 0 saturated carbocycles. The predicted octanol–water partition coefficient (Wildman–Crippen LogP) is 1.51. The Morgan fingerprint density at radius 1 is 1.14 bits per heavy atom. The molecule has 0 radical (unpaired) electrons. The van der Waals surface area contributed by atoms with Gasteiger partial charge in [0.05, 0.1) is 0 Å². The van der Waals surface area contributed by atoms with E-state index in [2.05, 4.69) is 15.1 Å². The van der Waals surface area contributed by atoms with Crippen LogP contribution in [0.5, 0.6) is 5.88 Å². The highest BCUT2D eigenvalue weighted by Gasteiger charge is 2.18. The van der Waals surface area contributed by atoms with Gasteiger partial charge in [-0.2, -0.15) is 23.5 Å². The van der Waals surface area contributed by atoms with E-state index in [9.17, 15) is 8.42 Å². The van der Waals surface area contributed by atoms with Gasteiger partial charge in [-0.3, -0.25) is 0 Å². The van der Waals surface area contributed by atoms with Gasteiger partial charge < -0.3 is 4.18 Å². The van der Waals surface area contributed by atoms with Gasteiger partial charge in [-0.25, -0.2) is 4.52 Å². The quantitative estimate of drug-likeness (QED) is 0.682. The van der Waals surface area contributed by atoms with Gasteiger partial charge >= 0.3 is 10.1 Å². The Hall–Kier alpha value is -2.48. The summed E-state index contributed by atoms with van der Waals surface area (Å²) in [6.45, 7) is 3.64. The van der Waals surface area contributed by atoms with Crippen LogP contribution in [0.4, 0.5) is 0 Å². The van der Waals surface area contributed by atoms with Crippen LogP contribution in [0.25, 0.3) is 5.78 Å². The minimum absolute atomic E-state index is 0.0337. The van der Waals surface area contributed by atoms with E-state index in [-0.39, 0.29) is 16.6 Å². The third-order valence-corrected chi connectivity index (χ3v) is 4.15. The summed E-state index contributed by atoms with van der Waals surface area (Å²) in [6, 6.07) is 7.89. The number of nitrogens with zero attached hydrogens (tertiary/aromatic N) is 4. The molecule has 108 valence electrons. The van der Waals surface area contributed by atoms with Crippen molar-refractivity contribution in [3.8, 4) is 5.88 Å². The molecule has 8 heteroatoms. The van der Waals surface area contributed by atoms with Crippen LogP contribution < -0.4 is 4.18 Å². The highest BCUT2D eigenvalue weighted by Crippen LogP contribution is 2.18. The van der Waals surface area contributed by atoms with Gasteiger partial charge in [0, 0.05) is 11.8 Å². The van der Waals surface area contributed by atoms with E-state index in [1.54, 1.807) is 19.1 Å². The van der Waals surface area contributed by atoms with Crippen LogP contribution in [0.3, 0.4) is 0 Å². The molecule has 3 rings (SSSR count). The fourth-order valence-corrected chi connectivity index (χ4v) is 2.72. The summed E-state index contributed by atoms with van der Waals surface area (Å²) in [6.07, 6.45) is 1.34. The molecule has 0 aliphatic carbocycles. The Labute approximate surface area is 121 Å². The highest BCUT2D eigenvalue weighted by molar-refractivity contribution is 7.87. The summed E-state index contributed by atoms with van der Waals surface area (Å²) in [5, 5.41) is 3.96. The van der Waals surface area contributed by atoms with E-state index in [4.69, 9.17) is 4.18 Å². The second kappa shape index (κ2) is 4.81. The van der Waals surface area contributed by atoms with E-state index >= 15 is 0 Å². The maximum Gasteiger partial charge on any atom is 0.340 e. The molecule has 3 aromatic rings. The normalized spacial score (nSPS) is 11.7. The zero-order chi connectivity index (χ0) is 15.0. The molecule has 2 heterocycles. The third-order valence-electron chi connectivity index (χ3n) is 2.91. The summed E-state index contributed by atoms with van der Waals surface area (Å²) in [7, 11) is -3.92. The molecule has 0 amide bonds. The van der Waals surface area contributed by atoms with Crippen LogP contribution in [0.2, 0.25) is 0 Å². The smallest absolute Gasteiger partial charge is 0.340 e. The number of hydrogen-bond acceptors (Lipinski definition) is 6. The SMILES string of the molecule is Cc1ccc(S(=O)(=O)Oc2cc(C)n3ncnc3n2)cc1. The lowest BCUT2D eigenvalue weighted by Gasteiger charge is -2.07. The number of hydrogen-bond donors (Lipinski definition) is 0. The molecule has 0 N–H and O–H groups in total. The topological polar surface area (TPSA) is 86.5 Å². The lowest BCUT2D eigenvalue weighted by molar-refractivity contribution is 0.475. The Morgan fingerprint density at radius 2 is 1.86 bits per heavy atom. The Bertz CT molecular complexity index is 901. The first-order valence-electron chi connectivity index (χ1n) is 6.14. The fourth-order valence-electron chi connectivity index (χ4n) is 1.84. The second-order valence-corrected chi connectivity index (χ2v) is 6.10. The summed E-state index contributed by atoms with van der Waals surface area (Å²) in [5.74, 6) is 0.248. The maximum atomic E-state index is 12.2. The van der Waals surface area contributed by atoms with Crippen molar-refractivity contribution >= 4 is 15.9 Å². The van der Waals surface area contributed by atoms with Gasteiger partial charge in [0.25, 0.3) is 5.78 Å². The molecule has 0 bridgehead atoms. The second-order valence-electron chi connectivity index (χ2n) is 4.56. The molecule has 0 unspecified atom stereocenters. The van der Waals surface area contributed by atoms with Crippen molar-refractivity contribution in [3.05, 3.63) is 47.9 Å². The zero-order valence-corrected chi connectivity index (χ0v) is 12.2. The van der Waals surface area contributed by atoms with Gasteiger partial charge in [-0.15, -0.1) is 0 Å². The van der Waals surface area contributed by atoms with E-state index in [0.29, 0.717) is 5.69 Å². The maximum absolute atomic E-state index is 12.2. The lowest BCUT2D eigenvalue weighted by atomic mass is 10.2. The van der Waals surface area contributed by atoms with Crippen LogP contribution in [-0.2, 0) is 10.1 Å². The van der Waals surface area contributed by atoms with Gasteiger partial charge in [-0.1, -0.05) is 17.7 Å². The summed E-state index contributed by atoms with van der Waals surface area (Å²) in [5.41, 5.74) is 1.64. The number of fused-ring (bicyclic) bond motifs is 1. The summed E-state index contributed by atoms with van der Waals surface area (Å²) < 4.78 is 30.9. The van der Waals surface area contributed by atoms with Crippen LogP contribution in [-0.4, -0.2) is 28.0 Å². The molecular weight excluding hydrogens is 292 g/mol. The standard InChI is InChI=1S/C13H12N4O3S/c1-9-3-5-11(6-4-9)21(18,19)20-12-7-10(2)17-13(16-12)14-8-15-17/h3-8H,1-2H3. The van der Waals surface area contributed by atoms with E-state index in [0.717, 1.165) is 5.56 Å². The first kappa shape index (κ1) is 13.5. The minimum Gasteiger partial charge on any atom is -0.358 e. The van der Waals surface area contributed by atoms with Crippen molar-refractivity contribution in [3.63, 3.8) is 0 Å². The van der Waals surface area contributed by atoms with Crippen LogP contribution in [0.1, 0.15) is 11.3 Å². The summed E-state index contributed by atoms with van der Waals surface area (Å²) in [4.78, 5) is 8.01. The average molecular weight is 304 g/mol. The van der Waals surface area contributed by atoms with Crippen molar-refractivity contribution in [1.82, 2.24) is 19.6 Å². The molecule has 0 fully saturated rings. The van der Waals surface area contributed by atoms with Gasteiger partial charge in [0.2, 0.25) is 5.88 Å². The highest BCUT2D eigenvalue weighted by atomic mass is 32.2. The zero-order valence-electron chi connectivity index (χ0n) is 11.4. The van der Waals surface area contributed by atoms with E-state index in [1.165, 1.54) is 29.0 Å². The van der Waals surface area contributed by atoms with Crippen LogP contribution >= 0.6 is 0 Å². The largest absolute Gasteiger partial charge is 0.358 e. The fraction of sp³-hybridized carbons (Fsp3) is 0.154. The van der Waals surface area contributed by atoms with Gasteiger partial charge in [0.1, 0.15) is 11.2 Å². The van der Waals surface area contributed by atoms with Crippen LogP contribution in [0, 0.1) is 13.8 Å². The number of benzene rings is 1. The first-order chi connectivity index (χ1) is 9.95. The molecule has 0 saturated heterocycles. The van der Waals surface area contributed by atoms with Crippen molar-refractivity contribution in [2.24, 2.45) is 0 Å². The molecule has 21 heavy (non-hydrogen) atoms.